The lowest BCUT2D eigenvalue weighted by molar-refractivity contribution is 0.0944. The molecule has 2 aromatic rings. The summed E-state index contributed by atoms with van der Waals surface area (Å²) < 4.78 is 6.09. The third kappa shape index (κ3) is 6.81. The van der Waals surface area contributed by atoms with Crippen LogP contribution in [0.15, 0.2) is 42.5 Å². The molecule has 176 valence electrons. The molecular weight excluding hydrogens is 414 g/mol. The zero-order valence-electron chi connectivity index (χ0n) is 19.4. The highest BCUT2D eigenvalue weighted by Crippen LogP contribution is 2.25. The van der Waals surface area contributed by atoms with Gasteiger partial charge in [0, 0.05) is 30.6 Å². The van der Waals surface area contributed by atoms with E-state index in [9.17, 15) is 9.59 Å². The Balaban J connectivity index is 1.46. The van der Waals surface area contributed by atoms with Gasteiger partial charge in [0.25, 0.3) is 11.8 Å². The molecule has 0 saturated carbocycles. The molecule has 0 radical (unpaired) electrons. The van der Waals surface area contributed by atoms with E-state index in [4.69, 9.17) is 4.74 Å². The van der Waals surface area contributed by atoms with Crippen molar-refractivity contribution in [3.8, 4) is 5.75 Å². The molecule has 2 heterocycles. The van der Waals surface area contributed by atoms with Crippen molar-refractivity contribution in [1.82, 2.24) is 15.5 Å². The molecule has 0 spiro atoms. The van der Waals surface area contributed by atoms with E-state index in [0.29, 0.717) is 37.2 Å². The first-order valence-corrected chi connectivity index (χ1v) is 12.3. The molecule has 2 aromatic carbocycles. The van der Waals surface area contributed by atoms with Gasteiger partial charge in [-0.3, -0.25) is 9.59 Å². The number of carbonyl (C=O) groups excluding carboxylic acids is 2. The number of nitrogens with one attached hydrogen (secondary N) is 2. The number of nitrogens with zero attached hydrogens (tertiary/aromatic N) is 1. The van der Waals surface area contributed by atoms with Gasteiger partial charge in [-0.05, 0) is 99.6 Å². The van der Waals surface area contributed by atoms with Crippen molar-refractivity contribution >= 4 is 11.8 Å². The van der Waals surface area contributed by atoms with Crippen LogP contribution in [0.1, 0.15) is 70.4 Å². The quantitative estimate of drug-likeness (QED) is 0.682. The number of amides is 2. The van der Waals surface area contributed by atoms with Gasteiger partial charge in [-0.2, -0.15) is 0 Å². The van der Waals surface area contributed by atoms with E-state index in [1.165, 1.54) is 25.9 Å². The lowest BCUT2D eigenvalue weighted by Crippen LogP contribution is -2.28. The Morgan fingerprint density at radius 2 is 1.91 bits per heavy atom. The molecule has 1 saturated heterocycles. The number of benzene rings is 2. The SMILES string of the molecule is O=C1NCCCCCOc2ccc(C(=O)NCCCN3CCCC3)cc2Cc2cccc1c2. The van der Waals surface area contributed by atoms with Crippen molar-refractivity contribution in [2.45, 2.75) is 44.9 Å². The number of ether oxygens (including phenoxy) is 1. The lowest BCUT2D eigenvalue weighted by Gasteiger charge is -2.16. The molecule has 2 bridgehead atoms. The number of fused-ring (bicyclic) bond motifs is 3. The zero-order chi connectivity index (χ0) is 22.9. The van der Waals surface area contributed by atoms with Crippen LogP contribution in [0, 0.1) is 0 Å². The van der Waals surface area contributed by atoms with Crippen molar-refractivity contribution in [1.29, 1.82) is 0 Å². The summed E-state index contributed by atoms with van der Waals surface area (Å²) in [5.74, 6) is 0.728. The van der Waals surface area contributed by atoms with Crippen LogP contribution in [0.2, 0.25) is 0 Å². The monoisotopic (exact) mass is 449 g/mol. The van der Waals surface area contributed by atoms with E-state index in [2.05, 4.69) is 15.5 Å². The van der Waals surface area contributed by atoms with Crippen LogP contribution in [0.25, 0.3) is 0 Å². The number of carbonyl (C=O) groups is 2. The van der Waals surface area contributed by atoms with Crippen LogP contribution in [-0.2, 0) is 6.42 Å². The second-order valence-electron chi connectivity index (χ2n) is 9.02. The molecule has 1 fully saturated rings. The average molecular weight is 450 g/mol. The highest BCUT2D eigenvalue weighted by molar-refractivity contribution is 5.95. The maximum atomic E-state index is 12.8. The largest absolute Gasteiger partial charge is 0.493 e. The van der Waals surface area contributed by atoms with E-state index in [1.54, 1.807) is 0 Å². The number of likely N-dealkylation sites (tertiary alicyclic amines) is 1. The molecule has 0 aromatic heterocycles. The molecule has 0 unspecified atom stereocenters. The first kappa shape index (κ1) is 23.3. The van der Waals surface area contributed by atoms with Crippen molar-refractivity contribution in [3.63, 3.8) is 0 Å². The van der Waals surface area contributed by atoms with Gasteiger partial charge in [0.1, 0.15) is 5.75 Å². The molecular formula is C27H35N3O3. The van der Waals surface area contributed by atoms with Crippen LogP contribution < -0.4 is 15.4 Å². The molecule has 2 N–H and O–H groups in total. The van der Waals surface area contributed by atoms with Crippen molar-refractivity contribution in [2.75, 3.05) is 39.3 Å². The summed E-state index contributed by atoms with van der Waals surface area (Å²) in [5.41, 5.74) is 3.30. The van der Waals surface area contributed by atoms with Gasteiger partial charge in [-0.1, -0.05) is 12.1 Å². The van der Waals surface area contributed by atoms with E-state index in [1.807, 2.05) is 42.5 Å². The third-order valence-electron chi connectivity index (χ3n) is 6.41. The number of hydrogen-bond acceptors (Lipinski definition) is 4. The summed E-state index contributed by atoms with van der Waals surface area (Å²) in [4.78, 5) is 27.7. The van der Waals surface area contributed by atoms with Crippen LogP contribution in [0.4, 0.5) is 0 Å². The van der Waals surface area contributed by atoms with Crippen molar-refractivity contribution in [3.05, 3.63) is 64.7 Å². The summed E-state index contributed by atoms with van der Waals surface area (Å²) in [7, 11) is 0. The van der Waals surface area contributed by atoms with Gasteiger partial charge >= 0.3 is 0 Å². The van der Waals surface area contributed by atoms with Crippen LogP contribution in [0.3, 0.4) is 0 Å². The molecule has 6 nitrogen and oxygen atoms in total. The summed E-state index contributed by atoms with van der Waals surface area (Å²) in [6.07, 6.45) is 7.00. The first-order valence-electron chi connectivity index (χ1n) is 12.3. The minimum Gasteiger partial charge on any atom is -0.493 e. The normalized spacial score (nSPS) is 17.4. The smallest absolute Gasteiger partial charge is 0.251 e. The van der Waals surface area contributed by atoms with Gasteiger partial charge < -0.3 is 20.3 Å². The third-order valence-corrected chi connectivity index (χ3v) is 6.41. The second-order valence-corrected chi connectivity index (χ2v) is 9.02. The van der Waals surface area contributed by atoms with E-state index >= 15 is 0 Å². The fourth-order valence-electron chi connectivity index (χ4n) is 4.54. The van der Waals surface area contributed by atoms with Crippen molar-refractivity contribution < 1.29 is 14.3 Å². The van der Waals surface area contributed by atoms with Gasteiger partial charge in [0.05, 0.1) is 6.61 Å². The fraction of sp³-hybridized carbons (Fsp3) is 0.481. The minimum atomic E-state index is -0.0493. The topological polar surface area (TPSA) is 70.7 Å². The molecule has 2 aliphatic heterocycles. The van der Waals surface area contributed by atoms with Crippen LogP contribution in [0.5, 0.6) is 5.75 Å². The van der Waals surface area contributed by atoms with Crippen molar-refractivity contribution in [2.24, 2.45) is 0 Å². The van der Waals surface area contributed by atoms with Gasteiger partial charge in [0.2, 0.25) is 0 Å². The molecule has 4 rings (SSSR count). The Kier molecular flexibility index (Phi) is 8.36. The Labute approximate surface area is 196 Å². The van der Waals surface area contributed by atoms with Crippen LogP contribution >= 0.6 is 0 Å². The predicted molar refractivity (Wildman–Crippen MR) is 130 cm³/mol. The fourth-order valence-corrected chi connectivity index (χ4v) is 4.54. The molecule has 0 atom stereocenters. The maximum absolute atomic E-state index is 12.8. The van der Waals surface area contributed by atoms with Crippen LogP contribution in [-0.4, -0.2) is 56.0 Å². The Morgan fingerprint density at radius 3 is 2.79 bits per heavy atom. The summed E-state index contributed by atoms with van der Waals surface area (Å²) >= 11 is 0. The molecule has 2 amide bonds. The zero-order valence-corrected chi connectivity index (χ0v) is 19.4. The van der Waals surface area contributed by atoms with Gasteiger partial charge in [-0.25, -0.2) is 0 Å². The molecule has 33 heavy (non-hydrogen) atoms. The van der Waals surface area contributed by atoms with E-state index in [0.717, 1.165) is 49.1 Å². The minimum absolute atomic E-state index is 0.0348. The predicted octanol–water partition coefficient (Wildman–Crippen LogP) is 3.79. The average Bonchev–Trinajstić information content (AvgIpc) is 3.35. The molecule has 2 aliphatic rings. The van der Waals surface area contributed by atoms with Gasteiger partial charge in [0.15, 0.2) is 0 Å². The Hall–Kier alpha value is -2.86. The maximum Gasteiger partial charge on any atom is 0.251 e. The Bertz CT molecular complexity index is 953. The van der Waals surface area contributed by atoms with Gasteiger partial charge in [-0.15, -0.1) is 0 Å². The number of rotatable bonds is 5. The first-order chi connectivity index (χ1) is 16.2. The standard InChI is InChI=1S/C27H35N3O3/c31-26-22-9-6-8-21(18-22)19-24-20-23(10-11-25(24)33-17-5-1-2-12-28-26)27(32)29-13-7-16-30-14-3-4-15-30/h6,8-11,18,20H,1-5,7,12-17,19H2,(H,28,31)(H,29,32). The molecule has 0 aliphatic carbocycles. The second kappa shape index (κ2) is 11.8. The summed E-state index contributed by atoms with van der Waals surface area (Å²) in [6, 6.07) is 13.4. The number of hydrogen-bond donors (Lipinski definition) is 2. The summed E-state index contributed by atoms with van der Waals surface area (Å²) in [6.45, 7) is 5.39. The van der Waals surface area contributed by atoms with E-state index < -0.39 is 0 Å². The summed E-state index contributed by atoms with van der Waals surface area (Å²) in [5, 5.41) is 6.06. The highest BCUT2D eigenvalue weighted by atomic mass is 16.5. The lowest BCUT2D eigenvalue weighted by atomic mass is 9.99. The highest BCUT2D eigenvalue weighted by Gasteiger charge is 2.14. The molecule has 6 heteroatoms. The Morgan fingerprint density at radius 1 is 1.03 bits per heavy atom. The van der Waals surface area contributed by atoms with E-state index in [-0.39, 0.29) is 11.8 Å².